The number of sulfonamides is 1. The summed E-state index contributed by atoms with van der Waals surface area (Å²) >= 11 is 2.01. The number of anilines is 1. The van der Waals surface area contributed by atoms with E-state index in [4.69, 9.17) is 0 Å². The van der Waals surface area contributed by atoms with Gasteiger partial charge in [-0.05, 0) is 47.7 Å². The average Bonchev–Trinajstić information content (AvgIpc) is 2.41. The second-order valence-corrected chi connectivity index (χ2v) is 7.06. The Morgan fingerprint density at radius 3 is 2.43 bits per heavy atom. The van der Waals surface area contributed by atoms with Crippen molar-refractivity contribution in [1.29, 1.82) is 0 Å². The first-order chi connectivity index (χ1) is 9.83. The fraction of sp³-hybridized carbons (Fsp3) is 0.0769. The maximum absolute atomic E-state index is 12.4. The molecule has 2 aromatic carbocycles. The molecule has 1 N–H and O–H groups in total. The second-order valence-electron chi connectivity index (χ2n) is 4.24. The Morgan fingerprint density at radius 1 is 1.14 bits per heavy atom. The van der Waals surface area contributed by atoms with E-state index >= 15 is 0 Å². The van der Waals surface area contributed by atoms with E-state index in [0.29, 0.717) is 5.69 Å². The average molecular weight is 418 g/mol. The summed E-state index contributed by atoms with van der Waals surface area (Å²) in [6, 6.07) is 10.9. The Kier molecular flexibility index (Phi) is 4.47. The topological polar surface area (TPSA) is 89.3 Å². The highest BCUT2D eigenvalue weighted by molar-refractivity contribution is 14.1. The number of benzene rings is 2. The number of hydrogen-bond donors (Lipinski definition) is 1. The SMILES string of the molecule is Cc1c([N+](=O)[O-])cccc1S(=O)(=O)Nc1ccccc1I. The quantitative estimate of drug-likeness (QED) is 0.469. The minimum absolute atomic E-state index is 0.101. The number of nitro groups is 1. The highest BCUT2D eigenvalue weighted by atomic mass is 127. The number of nitrogens with one attached hydrogen (secondary N) is 1. The third kappa shape index (κ3) is 3.32. The summed E-state index contributed by atoms with van der Waals surface area (Å²) in [4.78, 5) is 10.2. The van der Waals surface area contributed by atoms with Gasteiger partial charge in [-0.1, -0.05) is 18.2 Å². The van der Waals surface area contributed by atoms with E-state index in [0.717, 1.165) is 3.57 Å². The number of nitrogens with zero attached hydrogens (tertiary/aromatic N) is 1. The van der Waals surface area contributed by atoms with Crippen molar-refractivity contribution in [2.24, 2.45) is 0 Å². The first kappa shape index (κ1) is 15.7. The second kappa shape index (κ2) is 5.98. The molecule has 0 bridgehead atoms. The van der Waals surface area contributed by atoms with Crippen molar-refractivity contribution in [3.63, 3.8) is 0 Å². The zero-order chi connectivity index (χ0) is 15.6. The van der Waals surface area contributed by atoms with E-state index < -0.39 is 14.9 Å². The Labute approximate surface area is 135 Å². The van der Waals surface area contributed by atoms with E-state index in [9.17, 15) is 18.5 Å². The van der Waals surface area contributed by atoms with Crippen molar-refractivity contribution in [3.05, 3.63) is 61.7 Å². The van der Waals surface area contributed by atoms with Crippen molar-refractivity contribution in [3.8, 4) is 0 Å². The maximum Gasteiger partial charge on any atom is 0.273 e. The van der Waals surface area contributed by atoms with Gasteiger partial charge in [0.15, 0.2) is 0 Å². The van der Waals surface area contributed by atoms with Gasteiger partial charge >= 0.3 is 0 Å². The minimum atomic E-state index is -3.88. The van der Waals surface area contributed by atoms with Crippen molar-refractivity contribution < 1.29 is 13.3 Å². The van der Waals surface area contributed by atoms with Crippen LogP contribution in [-0.4, -0.2) is 13.3 Å². The highest BCUT2D eigenvalue weighted by Gasteiger charge is 2.23. The van der Waals surface area contributed by atoms with Crippen LogP contribution in [0.15, 0.2) is 47.4 Å². The van der Waals surface area contributed by atoms with E-state index in [1.54, 1.807) is 24.3 Å². The molecule has 0 aliphatic heterocycles. The molecule has 0 heterocycles. The normalized spacial score (nSPS) is 11.1. The van der Waals surface area contributed by atoms with Crippen molar-refractivity contribution in [1.82, 2.24) is 0 Å². The summed E-state index contributed by atoms with van der Waals surface area (Å²) in [5.74, 6) is 0. The molecule has 8 heteroatoms. The third-order valence-electron chi connectivity index (χ3n) is 2.86. The summed E-state index contributed by atoms with van der Waals surface area (Å²) < 4.78 is 28.0. The number of hydrogen-bond acceptors (Lipinski definition) is 4. The molecule has 0 spiro atoms. The third-order valence-corrected chi connectivity index (χ3v) is 5.31. The van der Waals surface area contributed by atoms with Gasteiger partial charge in [-0.2, -0.15) is 0 Å². The van der Waals surface area contributed by atoms with Crippen LogP contribution >= 0.6 is 22.6 Å². The lowest BCUT2D eigenvalue weighted by molar-refractivity contribution is -0.385. The van der Waals surface area contributed by atoms with Crippen molar-refractivity contribution in [2.45, 2.75) is 11.8 Å². The molecule has 0 saturated carbocycles. The van der Waals surface area contributed by atoms with E-state index in [-0.39, 0.29) is 16.1 Å². The Balaban J connectivity index is 2.48. The predicted octanol–water partition coefficient (Wildman–Crippen LogP) is 3.31. The van der Waals surface area contributed by atoms with Crippen LogP contribution in [0.2, 0.25) is 0 Å². The molecule has 21 heavy (non-hydrogen) atoms. The van der Waals surface area contributed by atoms with Crippen LogP contribution in [0.4, 0.5) is 11.4 Å². The van der Waals surface area contributed by atoms with E-state index in [1.165, 1.54) is 25.1 Å². The molecule has 0 aliphatic carbocycles. The summed E-state index contributed by atoms with van der Waals surface area (Å²) in [6.07, 6.45) is 0. The molecule has 0 saturated heterocycles. The predicted molar refractivity (Wildman–Crippen MR) is 87.8 cm³/mol. The lowest BCUT2D eigenvalue weighted by Gasteiger charge is -2.11. The number of rotatable bonds is 4. The van der Waals surface area contributed by atoms with Gasteiger partial charge in [0, 0.05) is 15.2 Å². The molecule has 0 radical (unpaired) electrons. The maximum atomic E-state index is 12.4. The van der Waals surface area contributed by atoms with Gasteiger partial charge in [0.05, 0.1) is 15.5 Å². The summed E-state index contributed by atoms with van der Waals surface area (Å²) in [7, 11) is -3.88. The van der Waals surface area contributed by atoms with E-state index in [1.807, 2.05) is 22.6 Å². The Bertz CT molecular complexity index is 806. The number of halogens is 1. The summed E-state index contributed by atoms with van der Waals surface area (Å²) in [6.45, 7) is 1.42. The molecule has 6 nitrogen and oxygen atoms in total. The molecule has 0 atom stereocenters. The van der Waals surface area contributed by atoms with Crippen molar-refractivity contribution in [2.75, 3.05) is 4.72 Å². The molecule has 0 aliphatic rings. The first-order valence-electron chi connectivity index (χ1n) is 5.84. The van der Waals surface area contributed by atoms with Crippen LogP contribution < -0.4 is 4.72 Å². The van der Waals surface area contributed by atoms with E-state index in [2.05, 4.69) is 4.72 Å². The van der Waals surface area contributed by atoms with Crippen LogP contribution in [0.1, 0.15) is 5.56 Å². The van der Waals surface area contributed by atoms with Crippen LogP contribution in [-0.2, 0) is 10.0 Å². The number of para-hydroxylation sites is 1. The monoisotopic (exact) mass is 418 g/mol. The Morgan fingerprint density at radius 2 is 1.81 bits per heavy atom. The summed E-state index contributed by atoms with van der Waals surface area (Å²) in [5.41, 5.74) is 0.325. The zero-order valence-electron chi connectivity index (χ0n) is 10.9. The molecule has 0 unspecified atom stereocenters. The van der Waals surface area contributed by atoms with Gasteiger partial charge in [0.2, 0.25) is 0 Å². The van der Waals surface area contributed by atoms with Gasteiger partial charge in [-0.25, -0.2) is 8.42 Å². The minimum Gasteiger partial charge on any atom is -0.279 e. The van der Waals surface area contributed by atoms with Crippen LogP contribution in [0.5, 0.6) is 0 Å². The fourth-order valence-corrected chi connectivity index (χ4v) is 3.88. The van der Waals surface area contributed by atoms with Crippen LogP contribution in [0, 0.1) is 20.6 Å². The Hall–Kier alpha value is -1.68. The van der Waals surface area contributed by atoms with Gasteiger partial charge in [0.25, 0.3) is 15.7 Å². The zero-order valence-corrected chi connectivity index (χ0v) is 13.9. The van der Waals surface area contributed by atoms with Crippen LogP contribution in [0.25, 0.3) is 0 Å². The molecule has 110 valence electrons. The lowest BCUT2D eigenvalue weighted by Crippen LogP contribution is -2.15. The van der Waals surface area contributed by atoms with Gasteiger partial charge in [-0.15, -0.1) is 0 Å². The largest absolute Gasteiger partial charge is 0.279 e. The standard InChI is InChI=1S/C13H11IN2O4S/c1-9-12(16(17)18)7-4-8-13(9)21(19,20)15-11-6-3-2-5-10(11)14/h2-8,15H,1H3. The molecule has 0 fully saturated rings. The van der Waals surface area contributed by atoms with Crippen molar-refractivity contribution >= 4 is 44.0 Å². The molecule has 2 rings (SSSR count). The fourth-order valence-electron chi connectivity index (χ4n) is 1.84. The van der Waals surface area contributed by atoms with Gasteiger partial charge in [-0.3, -0.25) is 14.8 Å². The highest BCUT2D eigenvalue weighted by Crippen LogP contribution is 2.27. The lowest BCUT2D eigenvalue weighted by atomic mass is 10.2. The molecular weight excluding hydrogens is 407 g/mol. The van der Waals surface area contributed by atoms with Crippen LogP contribution in [0.3, 0.4) is 0 Å². The summed E-state index contributed by atoms with van der Waals surface area (Å²) in [5, 5.41) is 10.9. The van der Waals surface area contributed by atoms with Gasteiger partial charge in [0.1, 0.15) is 0 Å². The number of nitro benzene ring substituents is 1. The molecular formula is C13H11IN2O4S. The molecule has 2 aromatic rings. The first-order valence-corrected chi connectivity index (χ1v) is 8.40. The molecule has 0 aromatic heterocycles. The smallest absolute Gasteiger partial charge is 0.273 e. The molecule has 0 amide bonds. The van der Waals surface area contributed by atoms with Gasteiger partial charge < -0.3 is 0 Å².